The van der Waals surface area contributed by atoms with Crippen molar-refractivity contribution in [2.45, 2.75) is 6.43 Å². The summed E-state index contributed by atoms with van der Waals surface area (Å²) in [6.07, 6.45) is -2.78. The Bertz CT molecular complexity index is 396. The van der Waals surface area contributed by atoms with Gasteiger partial charge >= 0.3 is 0 Å². The van der Waals surface area contributed by atoms with Crippen LogP contribution in [-0.4, -0.2) is 18.0 Å². The van der Waals surface area contributed by atoms with Gasteiger partial charge in [-0.25, -0.2) is 13.8 Å². The maximum absolute atomic E-state index is 12.4. The molecule has 0 aliphatic carbocycles. The number of carbonyl (C=O) groups excluding carboxylic acids is 1. The summed E-state index contributed by atoms with van der Waals surface area (Å²) >= 11 is 0. The number of hydrogen-bond donors (Lipinski definition) is 2. The van der Waals surface area contributed by atoms with Gasteiger partial charge in [-0.15, -0.1) is 0 Å². The number of carbonyl (C=O) groups is 1. The van der Waals surface area contributed by atoms with E-state index in [0.29, 0.717) is 0 Å². The molecule has 0 saturated carbocycles. The number of primary amides is 1. The second-order valence-electron chi connectivity index (χ2n) is 2.68. The average Bonchev–Trinajstić information content (AvgIpc) is 2.16. The maximum atomic E-state index is 12.4. The number of ether oxygens (including phenoxy) is 1. The number of alkyl halides is 2. The third-order valence-electron chi connectivity index (χ3n) is 1.74. The minimum absolute atomic E-state index is 0.119. The van der Waals surface area contributed by atoms with Crippen molar-refractivity contribution < 1.29 is 18.3 Å². The molecule has 0 unspecified atom stereocenters. The minimum Gasteiger partial charge on any atom is -0.494 e. The van der Waals surface area contributed by atoms with Crippen LogP contribution in [0.4, 0.5) is 14.6 Å². The highest BCUT2D eigenvalue weighted by molar-refractivity contribution is 5.94. The fourth-order valence-corrected chi connectivity index (χ4v) is 1.03. The Hall–Kier alpha value is -1.92. The molecule has 4 N–H and O–H groups in total. The molecule has 1 heterocycles. The molecule has 7 heteroatoms. The van der Waals surface area contributed by atoms with Crippen molar-refractivity contribution in [1.29, 1.82) is 0 Å². The second-order valence-corrected chi connectivity index (χ2v) is 2.68. The molecule has 1 rings (SSSR count). The van der Waals surface area contributed by atoms with Crippen molar-refractivity contribution in [3.05, 3.63) is 17.3 Å². The molecule has 0 aromatic carbocycles. The number of nitrogen functional groups attached to an aromatic ring is 1. The van der Waals surface area contributed by atoms with Crippen LogP contribution in [0.3, 0.4) is 0 Å². The number of pyridine rings is 1. The van der Waals surface area contributed by atoms with Crippen molar-refractivity contribution in [2.75, 3.05) is 12.8 Å². The Labute approximate surface area is 84.0 Å². The quantitative estimate of drug-likeness (QED) is 0.779. The van der Waals surface area contributed by atoms with Crippen LogP contribution in [0.1, 0.15) is 22.5 Å². The first-order valence-electron chi connectivity index (χ1n) is 3.89. The number of nitrogens with zero attached hydrogens (tertiary/aromatic N) is 1. The van der Waals surface area contributed by atoms with Crippen LogP contribution >= 0.6 is 0 Å². The Morgan fingerprint density at radius 3 is 2.60 bits per heavy atom. The van der Waals surface area contributed by atoms with Crippen molar-refractivity contribution in [1.82, 2.24) is 4.98 Å². The van der Waals surface area contributed by atoms with Crippen molar-refractivity contribution in [3.8, 4) is 5.75 Å². The third-order valence-corrected chi connectivity index (χ3v) is 1.74. The summed E-state index contributed by atoms with van der Waals surface area (Å²) in [4.78, 5) is 14.3. The number of halogens is 2. The SMILES string of the molecule is COc1cc(C(F)F)c(N)nc1C(N)=O. The molecule has 82 valence electrons. The lowest BCUT2D eigenvalue weighted by Crippen LogP contribution is -2.16. The molecule has 0 aliphatic rings. The Balaban J connectivity index is 3.35. The number of nitrogens with two attached hydrogens (primary N) is 2. The van der Waals surface area contributed by atoms with Gasteiger partial charge in [0.15, 0.2) is 11.4 Å². The molecule has 1 aromatic rings. The van der Waals surface area contributed by atoms with Gasteiger partial charge in [-0.2, -0.15) is 0 Å². The van der Waals surface area contributed by atoms with Crippen LogP contribution in [0.15, 0.2) is 6.07 Å². The van der Waals surface area contributed by atoms with Gasteiger partial charge in [0.05, 0.1) is 12.7 Å². The van der Waals surface area contributed by atoms with Gasteiger partial charge in [-0.05, 0) is 6.07 Å². The van der Waals surface area contributed by atoms with Gasteiger partial charge in [-0.1, -0.05) is 0 Å². The number of amides is 1. The van der Waals surface area contributed by atoms with Crippen LogP contribution in [0.5, 0.6) is 5.75 Å². The first-order chi connectivity index (χ1) is 6.97. The van der Waals surface area contributed by atoms with E-state index < -0.39 is 23.7 Å². The van der Waals surface area contributed by atoms with Gasteiger partial charge in [0.2, 0.25) is 0 Å². The smallest absolute Gasteiger partial charge is 0.271 e. The number of rotatable bonds is 3. The molecule has 1 aromatic heterocycles. The number of methoxy groups -OCH3 is 1. The summed E-state index contributed by atoms with van der Waals surface area (Å²) in [6.45, 7) is 0. The number of hydrogen-bond acceptors (Lipinski definition) is 4. The summed E-state index contributed by atoms with van der Waals surface area (Å²) in [5.41, 5.74) is 9.44. The van der Waals surface area contributed by atoms with E-state index in [1.54, 1.807) is 0 Å². The fourth-order valence-electron chi connectivity index (χ4n) is 1.03. The largest absolute Gasteiger partial charge is 0.494 e. The number of aromatic nitrogens is 1. The van der Waals surface area contributed by atoms with Crippen LogP contribution in [0.25, 0.3) is 0 Å². The molecular formula is C8H9F2N3O2. The normalized spacial score (nSPS) is 10.4. The Kier molecular flexibility index (Phi) is 3.03. The average molecular weight is 217 g/mol. The van der Waals surface area contributed by atoms with Crippen LogP contribution in [-0.2, 0) is 0 Å². The molecule has 0 aliphatic heterocycles. The lowest BCUT2D eigenvalue weighted by Gasteiger charge is -2.09. The first-order valence-corrected chi connectivity index (χ1v) is 3.89. The van der Waals surface area contributed by atoms with E-state index in [1.165, 1.54) is 7.11 Å². The first kappa shape index (κ1) is 11.2. The summed E-state index contributed by atoms with van der Waals surface area (Å²) in [7, 11) is 1.22. The monoisotopic (exact) mass is 217 g/mol. The minimum atomic E-state index is -2.78. The van der Waals surface area contributed by atoms with Crippen molar-refractivity contribution in [2.24, 2.45) is 5.73 Å². The summed E-state index contributed by atoms with van der Waals surface area (Å²) in [5, 5.41) is 0. The van der Waals surface area contributed by atoms with Crippen molar-refractivity contribution >= 4 is 11.7 Å². The van der Waals surface area contributed by atoms with E-state index >= 15 is 0 Å². The highest BCUT2D eigenvalue weighted by atomic mass is 19.3. The molecule has 0 spiro atoms. The van der Waals surface area contributed by atoms with Gasteiger partial charge in [0, 0.05) is 0 Å². The van der Waals surface area contributed by atoms with E-state index in [4.69, 9.17) is 16.2 Å². The third kappa shape index (κ3) is 2.12. The second kappa shape index (κ2) is 4.07. The predicted octanol–water partition coefficient (Wildman–Crippen LogP) is 0.709. The lowest BCUT2D eigenvalue weighted by molar-refractivity contribution is 0.0991. The molecule has 1 amide bonds. The van der Waals surface area contributed by atoms with E-state index in [0.717, 1.165) is 6.07 Å². The molecule has 15 heavy (non-hydrogen) atoms. The molecule has 0 saturated heterocycles. The van der Waals surface area contributed by atoms with E-state index in [1.807, 2.05) is 0 Å². The van der Waals surface area contributed by atoms with Gasteiger partial charge < -0.3 is 16.2 Å². The predicted molar refractivity (Wildman–Crippen MR) is 48.7 cm³/mol. The Morgan fingerprint density at radius 2 is 2.20 bits per heavy atom. The van der Waals surface area contributed by atoms with Crippen molar-refractivity contribution in [3.63, 3.8) is 0 Å². The standard InChI is InChI=1S/C8H9F2N3O2/c1-15-4-2-3(6(9)10)7(11)13-5(4)8(12)14/h2,6H,1H3,(H2,11,13)(H2,12,14). The van der Waals surface area contributed by atoms with Crippen LogP contribution in [0.2, 0.25) is 0 Å². The van der Waals surface area contributed by atoms with Gasteiger partial charge in [0.1, 0.15) is 5.82 Å². The topological polar surface area (TPSA) is 91.2 Å². The zero-order valence-corrected chi connectivity index (χ0v) is 7.83. The lowest BCUT2D eigenvalue weighted by atomic mass is 10.2. The van der Waals surface area contributed by atoms with E-state index in [-0.39, 0.29) is 11.4 Å². The maximum Gasteiger partial charge on any atom is 0.271 e. The molecular weight excluding hydrogens is 208 g/mol. The van der Waals surface area contributed by atoms with Gasteiger partial charge in [0.25, 0.3) is 12.3 Å². The van der Waals surface area contributed by atoms with E-state index in [9.17, 15) is 13.6 Å². The summed E-state index contributed by atoms with van der Waals surface area (Å²) in [6, 6.07) is 0.951. The van der Waals surface area contributed by atoms with Crippen LogP contribution < -0.4 is 16.2 Å². The zero-order chi connectivity index (χ0) is 11.6. The fraction of sp³-hybridized carbons (Fsp3) is 0.250. The van der Waals surface area contributed by atoms with E-state index in [2.05, 4.69) is 4.98 Å². The molecule has 0 bridgehead atoms. The summed E-state index contributed by atoms with van der Waals surface area (Å²) in [5.74, 6) is -1.44. The molecule has 5 nitrogen and oxygen atoms in total. The molecule has 0 radical (unpaired) electrons. The highest BCUT2D eigenvalue weighted by Crippen LogP contribution is 2.29. The zero-order valence-electron chi connectivity index (χ0n) is 7.83. The Morgan fingerprint density at radius 1 is 1.60 bits per heavy atom. The molecule has 0 fully saturated rings. The van der Waals surface area contributed by atoms with Crippen LogP contribution in [0, 0.1) is 0 Å². The van der Waals surface area contributed by atoms with Gasteiger partial charge in [-0.3, -0.25) is 4.79 Å². The number of anilines is 1. The highest BCUT2D eigenvalue weighted by Gasteiger charge is 2.19. The molecule has 0 atom stereocenters. The summed E-state index contributed by atoms with van der Waals surface area (Å²) < 4.78 is 29.5.